The number of nitrogen functional groups attached to an aromatic ring is 1. The highest BCUT2D eigenvalue weighted by Crippen LogP contribution is 2.37. The molecule has 3 aromatic rings. The van der Waals surface area contributed by atoms with E-state index in [1.54, 1.807) is 21.6 Å². The number of imidazole rings is 1. The Hall–Kier alpha value is -2.56. The van der Waals surface area contributed by atoms with Crippen LogP contribution in [0.3, 0.4) is 0 Å². The van der Waals surface area contributed by atoms with Gasteiger partial charge in [-0.3, -0.25) is 13.9 Å². The van der Waals surface area contributed by atoms with Gasteiger partial charge in [0.15, 0.2) is 11.4 Å². The number of carbonyl (C=O) groups excluding carboxylic acids is 1. The van der Waals surface area contributed by atoms with Gasteiger partial charge in [0, 0.05) is 19.3 Å². The van der Waals surface area contributed by atoms with Gasteiger partial charge in [-0.15, -0.1) is 0 Å². The molecule has 0 aliphatic carbocycles. The van der Waals surface area contributed by atoms with E-state index < -0.39 is 17.9 Å². The lowest BCUT2D eigenvalue weighted by atomic mass is 10.0. The Balaban J connectivity index is 1.52. The van der Waals surface area contributed by atoms with Gasteiger partial charge in [-0.05, 0) is 40.9 Å². The Kier molecular flexibility index (Phi) is 4.56. The van der Waals surface area contributed by atoms with Crippen molar-refractivity contribution in [2.45, 2.75) is 25.1 Å². The van der Waals surface area contributed by atoms with Gasteiger partial charge >= 0.3 is 6.18 Å². The molecule has 0 spiro atoms. The quantitative estimate of drug-likeness (QED) is 0.640. The molecule has 1 aliphatic heterocycles. The molecule has 7 nitrogen and oxygen atoms in total. The first kappa shape index (κ1) is 18.8. The summed E-state index contributed by atoms with van der Waals surface area (Å²) >= 11 is 3.40. The second kappa shape index (κ2) is 6.80. The standard InChI is InChI=1S/C17H16BrF3N6O/c18-15-13(24-12-3-1-2-6-26(12)15)16(28)25-7-4-10(5-8-25)27-14(17(19,20)21)11(22)9-23-27/h1-3,6,9-10H,4-5,7-8,22H2. The van der Waals surface area contributed by atoms with Crippen molar-refractivity contribution in [2.75, 3.05) is 18.8 Å². The van der Waals surface area contributed by atoms with E-state index in [1.807, 2.05) is 12.1 Å². The van der Waals surface area contributed by atoms with Crippen LogP contribution < -0.4 is 5.73 Å². The van der Waals surface area contributed by atoms with E-state index in [1.165, 1.54) is 0 Å². The van der Waals surface area contributed by atoms with E-state index in [0.29, 0.717) is 36.2 Å². The number of anilines is 1. The van der Waals surface area contributed by atoms with Crippen LogP contribution in [0.15, 0.2) is 35.2 Å². The molecule has 11 heteroatoms. The van der Waals surface area contributed by atoms with Gasteiger partial charge in [-0.25, -0.2) is 4.98 Å². The van der Waals surface area contributed by atoms with Crippen LogP contribution in [0.25, 0.3) is 5.65 Å². The van der Waals surface area contributed by atoms with Gasteiger partial charge in [0.25, 0.3) is 5.91 Å². The van der Waals surface area contributed by atoms with Crippen LogP contribution in [0.2, 0.25) is 0 Å². The molecule has 28 heavy (non-hydrogen) atoms. The molecular formula is C17H16BrF3N6O. The van der Waals surface area contributed by atoms with Crippen LogP contribution in [-0.2, 0) is 6.18 Å². The third-order valence-corrected chi connectivity index (χ3v) is 5.62. The summed E-state index contributed by atoms with van der Waals surface area (Å²) in [7, 11) is 0. The van der Waals surface area contributed by atoms with Crippen molar-refractivity contribution in [3.05, 3.63) is 46.6 Å². The van der Waals surface area contributed by atoms with Crippen LogP contribution in [0.5, 0.6) is 0 Å². The molecule has 0 saturated carbocycles. The fraction of sp³-hybridized carbons (Fsp3) is 0.353. The third-order valence-electron chi connectivity index (χ3n) is 4.86. The number of amides is 1. The van der Waals surface area contributed by atoms with Gasteiger partial charge in [-0.1, -0.05) is 6.07 Å². The molecule has 0 bridgehead atoms. The van der Waals surface area contributed by atoms with Gasteiger partial charge in [-0.2, -0.15) is 18.3 Å². The second-order valence-corrected chi connectivity index (χ2v) is 7.35. The normalized spacial score (nSPS) is 16.1. The SMILES string of the molecule is Nc1cnn(C2CCN(C(=O)c3nc4ccccn4c3Br)CC2)c1C(F)(F)F. The summed E-state index contributed by atoms with van der Waals surface area (Å²) < 4.78 is 43.0. The molecule has 148 valence electrons. The van der Waals surface area contributed by atoms with E-state index in [0.717, 1.165) is 10.9 Å². The number of nitrogens with two attached hydrogens (primary N) is 1. The lowest BCUT2D eigenvalue weighted by Crippen LogP contribution is -2.40. The molecule has 3 aromatic heterocycles. The lowest BCUT2D eigenvalue weighted by Gasteiger charge is -2.32. The Morgan fingerprint density at radius 1 is 1.25 bits per heavy atom. The van der Waals surface area contributed by atoms with Crippen molar-refractivity contribution < 1.29 is 18.0 Å². The smallest absolute Gasteiger partial charge is 0.396 e. The number of nitrogens with zero attached hydrogens (tertiary/aromatic N) is 5. The number of rotatable bonds is 2. The average Bonchev–Trinajstić information content (AvgIpc) is 3.22. The number of carbonyl (C=O) groups is 1. The van der Waals surface area contributed by atoms with Gasteiger partial charge in [0.1, 0.15) is 10.3 Å². The van der Waals surface area contributed by atoms with E-state index in [9.17, 15) is 18.0 Å². The maximum absolute atomic E-state index is 13.2. The number of hydrogen-bond acceptors (Lipinski definition) is 4. The minimum Gasteiger partial charge on any atom is -0.396 e. The topological polar surface area (TPSA) is 81.5 Å². The lowest BCUT2D eigenvalue weighted by molar-refractivity contribution is -0.144. The van der Waals surface area contributed by atoms with Gasteiger partial charge < -0.3 is 10.6 Å². The number of aromatic nitrogens is 4. The summed E-state index contributed by atoms with van der Waals surface area (Å²) in [4.78, 5) is 18.8. The Morgan fingerprint density at radius 3 is 2.61 bits per heavy atom. The van der Waals surface area contributed by atoms with Crippen LogP contribution in [0.1, 0.15) is 35.1 Å². The third kappa shape index (κ3) is 3.13. The van der Waals surface area contributed by atoms with Gasteiger partial charge in [0.05, 0.1) is 17.9 Å². The molecule has 1 amide bonds. The molecule has 0 unspecified atom stereocenters. The summed E-state index contributed by atoms with van der Waals surface area (Å²) in [6.07, 6.45) is -1.07. The van der Waals surface area contributed by atoms with Gasteiger partial charge in [0.2, 0.25) is 0 Å². The number of piperidine rings is 1. The summed E-state index contributed by atoms with van der Waals surface area (Å²) in [5, 5.41) is 3.82. The van der Waals surface area contributed by atoms with Crippen LogP contribution >= 0.6 is 15.9 Å². The fourth-order valence-electron chi connectivity index (χ4n) is 3.51. The average molecular weight is 457 g/mol. The van der Waals surface area contributed by atoms with E-state index in [4.69, 9.17) is 5.73 Å². The second-order valence-electron chi connectivity index (χ2n) is 6.59. The molecule has 0 radical (unpaired) electrons. The van der Waals surface area contributed by atoms with Crippen molar-refractivity contribution in [3.8, 4) is 0 Å². The number of likely N-dealkylation sites (tertiary alicyclic amines) is 1. The summed E-state index contributed by atoms with van der Waals surface area (Å²) in [6.45, 7) is 0.613. The predicted molar refractivity (Wildman–Crippen MR) is 98.7 cm³/mol. The molecule has 1 fully saturated rings. The zero-order valence-corrected chi connectivity index (χ0v) is 16.1. The van der Waals surface area contributed by atoms with Crippen molar-refractivity contribution in [1.82, 2.24) is 24.1 Å². The first-order valence-corrected chi connectivity index (χ1v) is 9.38. The molecule has 0 aromatic carbocycles. The summed E-state index contributed by atoms with van der Waals surface area (Å²) in [5.74, 6) is -0.259. The van der Waals surface area contributed by atoms with Crippen molar-refractivity contribution >= 4 is 33.2 Å². The molecule has 0 atom stereocenters. The van der Waals surface area contributed by atoms with Crippen molar-refractivity contribution in [3.63, 3.8) is 0 Å². The number of halogens is 4. The number of alkyl halides is 3. The van der Waals surface area contributed by atoms with Crippen molar-refractivity contribution in [1.29, 1.82) is 0 Å². The molecule has 2 N–H and O–H groups in total. The summed E-state index contributed by atoms with van der Waals surface area (Å²) in [6, 6.07) is 4.96. The Bertz CT molecular complexity index is 1040. The molecule has 4 heterocycles. The Labute approximate surface area is 166 Å². The minimum atomic E-state index is -4.57. The largest absolute Gasteiger partial charge is 0.435 e. The maximum Gasteiger partial charge on any atom is 0.435 e. The zero-order valence-electron chi connectivity index (χ0n) is 14.5. The minimum absolute atomic E-state index is 0.259. The number of hydrogen-bond donors (Lipinski definition) is 1. The first-order chi connectivity index (χ1) is 13.3. The molecule has 1 saturated heterocycles. The van der Waals surface area contributed by atoms with E-state index >= 15 is 0 Å². The molecular weight excluding hydrogens is 441 g/mol. The highest BCUT2D eigenvalue weighted by molar-refractivity contribution is 9.10. The highest BCUT2D eigenvalue weighted by atomic mass is 79.9. The fourth-order valence-corrected chi connectivity index (χ4v) is 4.07. The highest BCUT2D eigenvalue weighted by Gasteiger charge is 2.40. The van der Waals surface area contributed by atoms with E-state index in [2.05, 4.69) is 26.0 Å². The monoisotopic (exact) mass is 456 g/mol. The van der Waals surface area contributed by atoms with Crippen LogP contribution in [-0.4, -0.2) is 43.1 Å². The Morgan fingerprint density at radius 2 is 1.96 bits per heavy atom. The van der Waals surface area contributed by atoms with Crippen LogP contribution in [0.4, 0.5) is 18.9 Å². The molecule has 1 aliphatic rings. The van der Waals surface area contributed by atoms with Crippen LogP contribution in [0, 0.1) is 0 Å². The summed E-state index contributed by atoms with van der Waals surface area (Å²) in [5.41, 5.74) is 5.05. The predicted octanol–water partition coefficient (Wildman–Crippen LogP) is 3.37. The molecule has 4 rings (SSSR count). The zero-order chi connectivity index (χ0) is 20.1. The number of pyridine rings is 1. The van der Waals surface area contributed by atoms with E-state index in [-0.39, 0.29) is 17.3 Å². The van der Waals surface area contributed by atoms with Crippen molar-refractivity contribution in [2.24, 2.45) is 0 Å². The first-order valence-electron chi connectivity index (χ1n) is 8.59. The number of fused-ring (bicyclic) bond motifs is 1. The maximum atomic E-state index is 13.2.